The average Bonchev–Trinajstić information content (AvgIpc) is 2.27. The number of hydrogen-bond acceptors (Lipinski definition) is 3. The van der Waals surface area contributed by atoms with Crippen molar-refractivity contribution in [3.05, 3.63) is 35.9 Å². The Labute approximate surface area is 94.3 Å². The maximum Gasteiger partial charge on any atom is 0.220 e. The van der Waals surface area contributed by atoms with E-state index in [9.17, 15) is 14.7 Å². The Balaban J connectivity index is 2.43. The highest BCUT2D eigenvalue weighted by Gasteiger charge is 2.08. The van der Waals surface area contributed by atoms with Crippen molar-refractivity contribution >= 4 is 11.9 Å². The molecule has 1 rings (SSSR count). The first-order chi connectivity index (χ1) is 7.59. The van der Waals surface area contributed by atoms with Gasteiger partial charge in [-0.2, -0.15) is 0 Å². The molecule has 0 unspecified atom stereocenters. The molecule has 4 nitrogen and oxygen atoms in total. The van der Waals surface area contributed by atoms with E-state index < -0.39 is 5.97 Å². The van der Waals surface area contributed by atoms with Gasteiger partial charge < -0.3 is 15.2 Å². The molecule has 1 aromatic carbocycles. The summed E-state index contributed by atoms with van der Waals surface area (Å²) in [6.07, 6.45) is -0.285. The number of rotatable bonds is 5. The average molecular weight is 220 g/mol. The van der Waals surface area contributed by atoms with Crippen LogP contribution in [0.2, 0.25) is 0 Å². The Morgan fingerprint density at radius 3 is 2.44 bits per heavy atom. The molecule has 0 fully saturated rings. The van der Waals surface area contributed by atoms with Gasteiger partial charge in [0.05, 0.1) is 6.04 Å². The number of amides is 1. The van der Waals surface area contributed by atoms with Crippen molar-refractivity contribution in [1.29, 1.82) is 0 Å². The number of carbonyl (C=O) groups excluding carboxylic acids is 2. The van der Waals surface area contributed by atoms with Gasteiger partial charge in [-0.25, -0.2) is 0 Å². The van der Waals surface area contributed by atoms with Gasteiger partial charge in [0.25, 0.3) is 0 Å². The first kappa shape index (κ1) is 12.2. The minimum atomic E-state index is -1.21. The first-order valence-corrected chi connectivity index (χ1v) is 5.13. The summed E-state index contributed by atoms with van der Waals surface area (Å²) in [5, 5.41) is 12.9. The van der Waals surface area contributed by atoms with Gasteiger partial charge in [-0.15, -0.1) is 0 Å². The van der Waals surface area contributed by atoms with Crippen LogP contribution in [0.15, 0.2) is 30.3 Å². The molecule has 1 aromatic rings. The van der Waals surface area contributed by atoms with Crippen molar-refractivity contribution in [3.63, 3.8) is 0 Å². The zero-order valence-electron chi connectivity index (χ0n) is 9.10. The number of carboxylic acid groups (broad SMARTS) is 1. The van der Waals surface area contributed by atoms with Crippen LogP contribution in [0.25, 0.3) is 0 Å². The number of carboxylic acids is 1. The van der Waals surface area contributed by atoms with Crippen LogP contribution in [0.1, 0.15) is 31.4 Å². The van der Waals surface area contributed by atoms with Crippen LogP contribution in [-0.4, -0.2) is 11.9 Å². The summed E-state index contributed by atoms with van der Waals surface area (Å²) in [7, 11) is 0. The summed E-state index contributed by atoms with van der Waals surface area (Å²) >= 11 is 0. The summed E-state index contributed by atoms with van der Waals surface area (Å²) in [5.74, 6) is -1.48. The van der Waals surface area contributed by atoms with Crippen LogP contribution in [-0.2, 0) is 9.59 Å². The molecule has 1 amide bonds. The third-order valence-corrected chi connectivity index (χ3v) is 2.23. The van der Waals surface area contributed by atoms with Gasteiger partial charge in [0, 0.05) is 12.4 Å². The van der Waals surface area contributed by atoms with Gasteiger partial charge in [-0.3, -0.25) is 4.79 Å². The Kier molecular flexibility index (Phi) is 4.51. The van der Waals surface area contributed by atoms with Crippen LogP contribution in [0.5, 0.6) is 0 Å². The van der Waals surface area contributed by atoms with E-state index in [-0.39, 0.29) is 24.8 Å². The molecule has 16 heavy (non-hydrogen) atoms. The molecular formula is C12H14NO3-. The van der Waals surface area contributed by atoms with Crippen LogP contribution >= 0.6 is 0 Å². The van der Waals surface area contributed by atoms with E-state index in [0.717, 1.165) is 5.56 Å². The minimum Gasteiger partial charge on any atom is -0.550 e. The van der Waals surface area contributed by atoms with Crippen LogP contribution in [0.3, 0.4) is 0 Å². The largest absolute Gasteiger partial charge is 0.550 e. The lowest BCUT2D eigenvalue weighted by Crippen LogP contribution is -2.29. The van der Waals surface area contributed by atoms with E-state index in [1.54, 1.807) is 0 Å². The monoisotopic (exact) mass is 220 g/mol. The molecule has 86 valence electrons. The van der Waals surface area contributed by atoms with E-state index in [1.807, 2.05) is 37.3 Å². The molecule has 0 aliphatic rings. The summed E-state index contributed by atoms with van der Waals surface area (Å²) < 4.78 is 0. The van der Waals surface area contributed by atoms with Gasteiger partial charge in [-0.1, -0.05) is 30.3 Å². The zero-order valence-corrected chi connectivity index (χ0v) is 9.10. The van der Waals surface area contributed by atoms with Gasteiger partial charge in [0.1, 0.15) is 0 Å². The number of carbonyl (C=O) groups is 2. The smallest absolute Gasteiger partial charge is 0.220 e. The fraction of sp³-hybridized carbons (Fsp3) is 0.333. The fourth-order valence-corrected chi connectivity index (χ4v) is 1.35. The van der Waals surface area contributed by atoms with Crippen LogP contribution in [0.4, 0.5) is 0 Å². The Morgan fingerprint density at radius 2 is 1.88 bits per heavy atom. The Bertz CT molecular complexity index is 362. The van der Waals surface area contributed by atoms with Crippen LogP contribution < -0.4 is 10.4 Å². The lowest BCUT2D eigenvalue weighted by molar-refractivity contribution is -0.305. The lowest BCUT2D eigenvalue weighted by Gasteiger charge is -2.14. The highest BCUT2D eigenvalue weighted by atomic mass is 16.4. The molecule has 0 spiro atoms. The predicted octanol–water partition coefficient (Wildman–Crippen LogP) is 0.394. The third kappa shape index (κ3) is 4.13. The van der Waals surface area contributed by atoms with E-state index in [0.29, 0.717) is 0 Å². The number of benzene rings is 1. The summed E-state index contributed by atoms with van der Waals surface area (Å²) in [6, 6.07) is 9.37. The van der Waals surface area contributed by atoms with Gasteiger partial charge in [-0.05, 0) is 18.9 Å². The highest BCUT2D eigenvalue weighted by molar-refractivity contribution is 5.80. The summed E-state index contributed by atoms with van der Waals surface area (Å²) in [4.78, 5) is 21.5. The van der Waals surface area contributed by atoms with Crippen molar-refractivity contribution in [2.45, 2.75) is 25.8 Å². The predicted molar refractivity (Wildman–Crippen MR) is 57.2 cm³/mol. The molecule has 0 aromatic heterocycles. The molecule has 1 N–H and O–H groups in total. The fourth-order valence-electron chi connectivity index (χ4n) is 1.35. The molecule has 0 saturated heterocycles. The second-order valence-electron chi connectivity index (χ2n) is 3.57. The second-order valence-corrected chi connectivity index (χ2v) is 3.57. The minimum absolute atomic E-state index is 0.0422. The Hall–Kier alpha value is -1.84. The normalized spacial score (nSPS) is 11.8. The van der Waals surface area contributed by atoms with Gasteiger partial charge >= 0.3 is 0 Å². The molecule has 1 atom stereocenters. The molecule has 0 radical (unpaired) electrons. The number of aliphatic carboxylic acids is 1. The topological polar surface area (TPSA) is 69.2 Å². The van der Waals surface area contributed by atoms with Crippen molar-refractivity contribution in [1.82, 2.24) is 5.32 Å². The van der Waals surface area contributed by atoms with E-state index in [4.69, 9.17) is 0 Å². The maximum atomic E-state index is 11.3. The first-order valence-electron chi connectivity index (χ1n) is 5.13. The van der Waals surface area contributed by atoms with Crippen molar-refractivity contribution in [2.24, 2.45) is 0 Å². The molecule has 0 aliphatic carbocycles. The lowest BCUT2D eigenvalue weighted by atomic mass is 10.1. The molecular weight excluding hydrogens is 206 g/mol. The van der Waals surface area contributed by atoms with Gasteiger partial charge in [0.15, 0.2) is 0 Å². The molecule has 0 aliphatic heterocycles. The van der Waals surface area contributed by atoms with E-state index in [1.165, 1.54) is 0 Å². The third-order valence-electron chi connectivity index (χ3n) is 2.23. The number of hydrogen-bond donors (Lipinski definition) is 1. The SMILES string of the molecule is C[C@H](NC(=O)CCC(=O)[O-])c1ccccc1. The van der Waals surface area contributed by atoms with Crippen molar-refractivity contribution < 1.29 is 14.7 Å². The number of nitrogens with one attached hydrogen (secondary N) is 1. The molecule has 4 heteroatoms. The molecule has 0 bridgehead atoms. The molecule has 0 heterocycles. The zero-order chi connectivity index (χ0) is 12.0. The van der Waals surface area contributed by atoms with Crippen molar-refractivity contribution in [3.8, 4) is 0 Å². The highest BCUT2D eigenvalue weighted by Crippen LogP contribution is 2.11. The Morgan fingerprint density at radius 1 is 1.25 bits per heavy atom. The molecule has 0 saturated carbocycles. The maximum absolute atomic E-state index is 11.3. The van der Waals surface area contributed by atoms with Crippen LogP contribution in [0, 0.1) is 0 Å². The van der Waals surface area contributed by atoms with Crippen molar-refractivity contribution in [2.75, 3.05) is 0 Å². The second kappa shape index (κ2) is 5.90. The summed E-state index contributed by atoms with van der Waals surface area (Å²) in [5.41, 5.74) is 0.990. The summed E-state index contributed by atoms with van der Waals surface area (Å²) in [6.45, 7) is 1.85. The standard InChI is InChI=1S/C12H15NO3/c1-9(10-5-3-2-4-6-10)13-11(14)7-8-12(15)16/h2-6,9H,7-8H2,1H3,(H,13,14)(H,15,16)/p-1/t9-/m0/s1. The quantitative estimate of drug-likeness (QED) is 0.780. The van der Waals surface area contributed by atoms with Gasteiger partial charge in [0.2, 0.25) is 5.91 Å². The van der Waals surface area contributed by atoms with E-state index in [2.05, 4.69) is 5.32 Å². The van der Waals surface area contributed by atoms with E-state index >= 15 is 0 Å².